The summed E-state index contributed by atoms with van der Waals surface area (Å²) >= 11 is 0. The predicted octanol–water partition coefficient (Wildman–Crippen LogP) is 3.72. The zero-order valence-corrected chi connectivity index (χ0v) is 22.5. The molecule has 0 saturated heterocycles. The minimum atomic E-state index is -4.32. The van der Waals surface area contributed by atoms with E-state index in [1.165, 1.54) is 70.6 Å². The third-order valence-corrected chi connectivity index (χ3v) is 6.96. The van der Waals surface area contributed by atoms with Gasteiger partial charge in [-0.15, -0.1) is 0 Å². The van der Waals surface area contributed by atoms with E-state index >= 15 is 0 Å². The van der Waals surface area contributed by atoms with Crippen molar-refractivity contribution >= 4 is 10.1 Å². The zero-order valence-electron chi connectivity index (χ0n) is 19.7. The summed E-state index contributed by atoms with van der Waals surface area (Å²) in [5, 5.41) is 9.26. The minimum Gasteiger partial charge on any atom is -0.748 e. The van der Waals surface area contributed by atoms with E-state index in [1.807, 2.05) is 0 Å². The molecular formula is C23H47NaO4S. The number of aliphatic hydroxyl groups excluding tert-OH is 1. The van der Waals surface area contributed by atoms with Gasteiger partial charge < -0.3 is 9.66 Å². The maximum Gasteiger partial charge on any atom is 1.00 e. The van der Waals surface area contributed by atoms with Crippen molar-refractivity contribution < 1.29 is 47.6 Å². The molecule has 0 saturated carbocycles. The van der Waals surface area contributed by atoms with E-state index < -0.39 is 21.5 Å². The molecule has 0 bridgehead atoms. The summed E-state index contributed by atoms with van der Waals surface area (Å²) in [4.78, 5) is 0. The van der Waals surface area contributed by atoms with Crippen LogP contribution >= 0.6 is 0 Å². The van der Waals surface area contributed by atoms with Gasteiger partial charge in [-0.05, 0) is 19.3 Å². The molecule has 170 valence electrons. The number of hydrogen-bond acceptors (Lipinski definition) is 4. The van der Waals surface area contributed by atoms with Gasteiger partial charge in [0.25, 0.3) is 0 Å². The molecular weight excluding hydrogens is 395 g/mol. The van der Waals surface area contributed by atoms with Gasteiger partial charge in [-0.2, -0.15) is 0 Å². The zero-order chi connectivity index (χ0) is 21.1. The first-order valence-corrected chi connectivity index (χ1v) is 13.5. The Kier molecular flexibility index (Phi) is 24.4. The Labute approximate surface area is 204 Å². The molecule has 0 aromatic heterocycles. The van der Waals surface area contributed by atoms with Crippen LogP contribution in [0.2, 0.25) is 0 Å². The van der Waals surface area contributed by atoms with E-state index in [9.17, 15) is 18.1 Å². The first-order valence-electron chi connectivity index (χ1n) is 12.0. The molecule has 29 heavy (non-hydrogen) atoms. The van der Waals surface area contributed by atoms with Gasteiger partial charge in [0.1, 0.15) is 0 Å². The number of rotatable bonds is 21. The van der Waals surface area contributed by atoms with Crippen molar-refractivity contribution in [1.82, 2.24) is 0 Å². The second kappa shape index (κ2) is 22.1. The molecule has 2 atom stereocenters. The summed E-state index contributed by atoms with van der Waals surface area (Å²) < 4.78 is 34.6. The number of unbranched alkanes of at least 4 members (excludes halogenated alkanes) is 14. The number of aliphatic hydroxyl groups is 1. The van der Waals surface area contributed by atoms with Crippen LogP contribution in [0.1, 0.15) is 136 Å². The van der Waals surface area contributed by atoms with Gasteiger partial charge in [-0.25, -0.2) is 8.42 Å². The van der Waals surface area contributed by atoms with Crippen LogP contribution < -0.4 is 29.6 Å². The Balaban J connectivity index is 0. The van der Waals surface area contributed by atoms with Crippen molar-refractivity contribution in [2.75, 3.05) is 0 Å². The van der Waals surface area contributed by atoms with Crippen molar-refractivity contribution in [3.63, 3.8) is 0 Å². The second-order valence-corrected chi connectivity index (χ2v) is 10.2. The molecule has 2 unspecified atom stereocenters. The Bertz CT molecular complexity index is 429. The van der Waals surface area contributed by atoms with Crippen LogP contribution in [0.5, 0.6) is 0 Å². The van der Waals surface area contributed by atoms with Crippen LogP contribution in [-0.4, -0.2) is 29.4 Å². The van der Waals surface area contributed by atoms with Gasteiger partial charge in [0.15, 0.2) is 0 Å². The quantitative estimate of drug-likeness (QED) is 0.167. The summed E-state index contributed by atoms with van der Waals surface area (Å²) in [6.07, 6.45) is 19.1. The Morgan fingerprint density at radius 3 is 1.38 bits per heavy atom. The SMILES string of the molecule is CCCCCCCCCCC(O)CC(CCCCCCCCCC)S(=O)(=O)[O-].[Na+]. The Hall–Kier alpha value is 0.870. The monoisotopic (exact) mass is 442 g/mol. The van der Waals surface area contributed by atoms with Gasteiger partial charge in [-0.3, -0.25) is 0 Å². The van der Waals surface area contributed by atoms with Crippen LogP contribution in [-0.2, 0) is 10.1 Å². The minimum absolute atomic E-state index is 0. The van der Waals surface area contributed by atoms with Crippen LogP contribution in [0.25, 0.3) is 0 Å². The van der Waals surface area contributed by atoms with Gasteiger partial charge in [-0.1, -0.05) is 117 Å². The number of hydrogen-bond donors (Lipinski definition) is 1. The first-order chi connectivity index (χ1) is 13.4. The molecule has 0 aliphatic carbocycles. The van der Waals surface area contributed by atoms with Crippen LogP contribution in [0.4, 0.5) is 0 Å². The van der Waals surface area contributed by atoms with Crippen molar-refractivity contribution in [3.05, 3.63) is 0 Å². The largest absolute Gasteiger partial charge is 1.00 e. The molecule has 0 aromatic rings. The van der Waals surface area contributed by atoms with Crippen LogP contribution in [0.3, 0.4) is 0 Å². The molecule has 0 aromatic carbocycles. The van der Waals surface area contributed by atoms with E-state index in [2.05, 4.69) is 13.8 Å². The van der Waals surface area contributed by atoms with Gasteiger partial charge >= 0.3 is 29.6 Å². The van der Waals surface area contributed by atoms with Crippen molar-refractivity contribution in [2.24, 2.45) is 0 Å². The molecule has 4 nitrogen and oxygen atoms in total. The maximum absolute atomic E-state index is 11.5. The molecule has 0 aliphatic rings. The average molecular weight is 443 g/mol. The van der Waals surface area contributed by atoms with E-state index in [0.29, 0.717) is 12.8 Å². The van der Waals surface area contributed by atoms with E-state index in [4.69, 9.17) is 0 Å². The van der Waals surface area contributed by atoms with E-state index in [-0.39, 0.29) is 36.0 Å². The molecule has 0 aliphatic heterocycles. The first kappa shape index (κ1) is 32.1. The topological polar surface area (TPSA) is 77.4 Å². The summed E-state index contributed by atoms with van der Waals surface area (Å²) in [6, 6.07) is 0. The standard InChI is InChI=1S/C23H48O4S.Na/c1-3-5-7-9-11-13-15-17-19-22(24)21-23(28(25,26)27)20-18-16-14-12-10-8-6-4-2;/h22-24H,3-21H2,1-2H3,(H,25,26,27);/q;+1/p-1. The molecule has 0 heterocycles. The summed E-state index contributed by atoms with van der Waals surface area (Å²) in [5.74, 6) is 0. The van der Waals surface area contributed by atoms with Crippen LogP contribution in [0, 0.1) is 0 Å². The van der Waals surface area contributed by atoms with Crippen molar-refractivity contribution in [1.29, 1.82) is 0 Å². The Morgan fingerprint density at radius 2 is 1.00 bits per heavy atom. The third kappa shape index (κ3) is 21.9. The third-order valence-electron chi connectivity index (χ3n) is 5.71. The molecule has 0 radical (unpaired) electrons. The molecule has 0 amide bonds. The average Bonchev–Trinajstić information content (AvgIpc) is 2.64. The molecule has 0 fully saturated rings. The van der Waals surface area contributed by atoms with Crippen LogP contribution in [0.15, 0.2) is 0 Å². The van der Waals surface area contributed by atoms with Crippen molar-refractivity contribution in [2.45, 2.75) is 147 Å². The molecule has 0 spiro atoms. The summed E-state index contributed by atoms with van der Waals surface area (Å²) in [6.45, 7) is 4.41. The second-order valence-electron chi connectivity index (χ2n) is 8.53. The fourth-order valence-electron chi connectivity index (χ4n) is 3.82. The van der Waals surface area contributed by atoms with E-state index in [0.717, 1.165) is 32.1 Å². The van der Waals surface area contributed by atoms with Crippen molar-refractivity contribution in [3.8, 4) is 0 Å². The fourth-order valence-corrected chi connectivity index (χ4v) is 4.73. The molecule has 1 N–H and O–H groups in total. The summed E-state index contributed by atoms with van der Waals surface area (Å²) in [7, 11) is -4.32. The smallest absolute Gasteiger partial charge is 0.748 e. The van der Waals surface area contributed by atoms with Gasteiger partial charge in [0.05, 0.1) is 21.5 Å². The summed E-state index contributed by atoms with van der Waals surface area (Å²) in [5.41, 5.74) is 0. The molecule has 0 rings (SSSR count). The maximum atomic E-state index is 11.5. The van der Waals surface area contributed by atoms with Gasteiger partial charge in [0.2, 0.25) is 0 Å². The Morgan fingerprint density at radius 1 is 0.655 bits per heavy atom. The van der Waals surface area contributed by atoms with Gasteiger partial charge in [0, 0.05) is 0 Å². The fraction of sp³-hybridized carbons (Fsp3) is 1.00. The molecule has 6 heteroatoms. The van der Waals surface area contributed by atoms with E-state index in [1.54, 1.807) is 0 Å². The predicted molar refractivity (Wildman–Crippen MR) is 119 cm³/mol. The normalized spacial score (nSPS) is 13.8.